The van der Waals surface area contributed by atoms with Crippen LogP contribution in [0.2, 0.25) is 0 Å². The van der Waals surface area contributed by atoms with Gasteiger partial charge < -0.3 is 25.2 Å². The number of ether oxygens (including phenoxy) is 1. The van der Waals surface area contributed by atoms with E-state index in [4.69, 9.17) is 20.1 Å². The number of esters is 1. The number of hydrogen-bond acceptors (Lipinski definition) is 6. The van der Waals surface area contributed by atoms with Crippen LogP contribution < -0.4 is 0 Å². The van der Waals surface area contributed by atoms with Gasteiger partial charge in [-0.25, -0.2) is 4.79 Å². The van der Waals surface area contributed by atoms with Crippen LogP contribution in [0.3, 0.4) is 0 Å². The highest BCUT2D eigenvalue weighted by atomic mass is 16.5. The molecule has 1 atom stereocenters. The first-order chi connectivity index (χ1) is 8.55. The standard InChI is InChI=1S/C8H12O7.C2H4O2/c1-2-15-6(11)4-8(14,7(12)13)3-5(9)10;1-2(3)4/h14H,2-4H2,1H3,(H,9,10)(H,12,13);1H3,(H,3,4). The molecule has 0 fully saturated rings. The molecule has 0 radical (unpaired) electrons. The number of carbonyl (C=O) groups is 4. The molecule has 0 aliphatic carbocycles. The van der Waals surface area contributed by atoms with Crippen molar-refractivity contribution in [2.45, 2.75) is 32.3 Å². The van der Waals surface area contributed by atoms with Crippen molar-refractivity contribution in [3.63, 3.8) is 0 Å². The van der Waals surface area contributed by atoms with Gasteiger partial charge in [0.05, 0.1) is 19.4 Å². The van der Waals surface area contributed by atoms with Gasteiger partial charge in [-0.1, -0.05) is 0 Å². The van der Waals surface area contributed by atoms with E-state index in [0.29, 0.717) is 0 Å². The van der Waals surface area contributed by atoms with Gasteiger partial charge >= 0.3 is 17.9 Å². The quantitative estimate of drug-likeness (QED) is 0.462. The molecule has 9 nitrogen and oxygen atoms in total. The van der Waals surface area contributed by atoms with Crippen molar-refractivity contribution in [2.75, 3.05) is 6.61 Å². The summed E-state index contributed by atoms with van der Waals surface area (Å²) in [6.07, 6.45) is -1.94. The lowest BCUT2D eigenvalue weighted by atomic mass is 9.96. The number of hydrogen-bond donors (Lipinski definition) is 4. The molecule has 0 aliphatic rings. The van der Waals surface area contributed by atoms with Crippen molar-refractivity contribution in [1.29, 1.82) is 0 Å². The molecule has 0 heterocycles. The first-order valence-corrected chi connectivity index (χ1v) is 5.08. The Labute approximate surface area is 108 Å². The Morgan fingerprint density at radius 3 is 1.74 bits per heavy atom. The van der Waals surface area contributed by atoms with Crippen LogP contribution in [0.4, 0.5) is 0 Å². The summed E-state index contributed by atoms with van der Waals surface area (Å²) in [4.78, 5) is 40.8. The maximum absolute atomic E-state index is 10.9. The normalized spacial score (nSPS) is 12.4. The summed E-state index contributed by atoms with van der Waals surface area (Å²) in [6, 6.07) is 0. The molecule has 0 saturated heterocycles. The van der Waals surface area contributed by atoms with Crippen molar-refractivity contribution in [3.05, 3.63) is 0 Å². The van der Waals surface area contributed by atoms with E-state index in [1.165, 1.54) is 6.92 Å². The summed E-state index contributed by atoms with van der Waals surface area (Å²) in [6.45, 7) is 2.62. The number of rotatable bonds is 6. The molecular formula is C10H16O9. The van der Waals surface area contributed by atoms with Crippen molar-refractivity contribution in [2.24, 2.45) is 0 Å². The van der Waals surface area contributed by atoms with Crippen LogP contribution in [0.5, 0.6) is 0 Å². The van der Waals surface area contributed by atoms with Gasteiger partial charge in [-0.05, 0) is 6.92 Å². The van der Waals surface area contributed by atoms with Crippen LogP contribution in [-0.2, 0) is 23.9 Å². The molecule has 0 aliphatic heterocycles. The average Bonchev–Trinajstić information content (AvgIpc) is 2.14. The molecule has 1 unspecified atom stereocenters. The van der Waals surface area contributed by atoms with E-state index in [2.05, 4.69) is 4.74 Å². The lowest BCUT2D eigenvalue weighted by molar-refractivity contribution is -0.171. The van der Waals surface area contributed by atoms with E-state index in [-0.39, 0.29) is 6.61 Å². The number of aliphatic carboxylic acids is 3. The summed E-state index contributed by atoms with van der Waals surface area (Å²) in [5.74, 6) is -5.06. The summed E-state index contributed by atoms with van der Waals surface area (Å²) in [5, 5.41) is 33.7. The lowest BCUT2D eigenvalue weighted by Crippen LogP contribution is -2.43. The highest BCUT2D eigenvalue weighted by Crippen LogP contribution is 2.16. The topological polar surface area (TPSA) is 158 Å². The van der Waals surface area contributed by atoms with E-state index in [0.717, 1.165) is 6.92 Å². The van der Waals surface area contributed by atoms with Gasteiger partial charge in [0.25, 0.3) is 5.97 Å². The van der Waals surface area contributed by atoms with Crippen LogP contribution >= 0.6 is 0 Å². The second-order valence-corrected chi connectivity index (χ2v) is 3.41. The Hall–Kier alpha value is -2.16. The largest absolute Gasteiger partial charge is 0.481 e. The minimum absolute atomic E-state index is 0.0294. The van der Waals surface area contributed by atoms with E-state index in [9.17, 15) is 19.5 Å². The van der Waals surface area contributed by atoms with Crippen LogP contribution in [0.1, 0.15) is 26.7 Å². The molecule has 4 N–H and O–H groups in total. The summed E-state index contributed by atoms with van der Waals surface area (Å²) in [5.41, 5.74) is -2.61. The van der Waals surface area contributed by atoms with Crippen LogP contribution in [0, 0.1) is 0 Å². The summed E-state index contributed by atoms with van der Waals surface area (Å²) < 4.78 is 4.41. The van der Waals surface area contributed by atoms with Gasteiger partial charge in [0.2, 0.25) is 0 Å². The highest BCUT2D eigenvalue weighted by molar-refractivity contribution is 5.88. The lowest BCUT2D eigenvalue weighted by Gasteiger charge is -2.19. The second kappa shape index (κ2) is 8.86. The predicted molar refractivity (Wildman–Crippen MR) is 59.4 cm³/mol. The Morgan fingerprint density at radius 2 is 1.47 bits per heavy atom. The third-order valence-electron chi connectivity index (χ3n) is 1.58. The Bertz CT molecular complexity index is 345. The number of aliphatic hydroxyl groups is 1. The van der Waals surface area contributed by atoms with Gasteiger partial charge in [-0.15, -0.1) is 0 Å². The van der Waals surface area contributed by atoms with E-state index >= 15 is 0 Å². The van der Waals surface area contributed by atoms with E-state index < -0.39 is 42.3 Å². The highest BCUT2D eigenvalue weighted by Gasteiger charge is 2.41. The summed E-state index contributed by atoms with van der Waals surface area (Å²) in [7, 11) is 0. The Kier molecular flexibility index (Phi) is 8.95. The van der Waals surface area contributed by atoms with Gasteiger partial charge in [0.15, 0.2) is 5.60 Å². The van der Waals surface area contributed by atoms with Crippen molar-refractivity contribution >= 4 is 23.9 Å². The SMILES string of the molecule is CC(=O)O.CCOC(=O)CC(O)(CC(=O)O)C(=O)O. The molecule has 19 heavy (non-hydrogen) atoms. The zero-order chi connectivity index (χ0) is 15.6. The zero-order valence-electron chi connectivity index (χ0n) is 10.5. The van der Waals surface area contributed by atoms with Gasteiger partial charge in [0.1, 0.15) is 0 Å². The molecule has 0 bridgehead atoms. The number of carboxylic acids is 3. The van der Waals surface area contributed by atoms with Crippen LogP contribution in [-0.4, -0.2) is 56.5 Å². The second-order valence-electron chi connectivity index (χ2n) is 3.41. The van der Waals surface area contributed by atoms with Crippen LogP contribution in [0.25, 0.3) is 0 Å². The van der Waals surface area contributed by atoms with Gasteiger partial charge in [0, 0.05) is 6.92 Å². The molecule has 0 aromatic rings. The monoisotopic (exact) mass is 280 g/mol. The van der Waals surface area contributed by atoms with Crippen molar-refractivity contribution < 1.29 is 44.3 Å². The average molecular weight is 280 g/mol. The van der Waals surface area contributed by atoms with Crippen LogP contribution in [0.15, 0.2) is 0 Å². The summed E-state index contributed by atoms with van der Waals surface area (Å²) >= 11 is 0. The number of carbonyl (C=O) groups excluding carboxylic acids is 1. The Balaban J connectivity index is 0. The zero-order valence-corrected chi connectivity index (χ0v) is 10.5. The van der Waals surface area contributed by atoms with Crippen molar-refractivity contribution in [3.8, 4) is 0 Å². The third-order valence-corrected chi connectivity index (χ3v) is 1.58. The molecule has 0 rings (SSSR count). The fourth-order valence-electron chi connectivity index (χ4n) is 0.915. The smallest absolute Gasteiger partial charge is 0.336 e. The molecule has 0 amide bonds. The third kappa shape index (κ3) is 10.7. The maximum Gasteiger partial charge on any atom is 0.336 e. The fraction of sp³-hybridized carbons (Fsp3) is 0.600. The first kappa shape index (κ1) is 19.2. The molecule has 0 aromatic carbocycles. The van der Waals surface area contributed by atoms with E-state index in [1.54, 1.807) is 0 Å². The molecular weight excluding hydrogens is 264 g/mol. The molecule has 0 aromatic heterocycles. The maximum atomic E-state index is 10.9. The Morgan fingerprint density at radius 1 is 1.05 bits per heavy atom. The van der Waals surface area contributed by atoms with Crippen molar-refractivity contribution in [1.82, 2.24) is 0 Å². The van der Waals surface area contributed by atoms with Gasteiger partial charge in [-0.3, -0.25) is 14.4 Å². The fourth-order valence-corrected chi connectivity index (χ4v) is 0.915. The molecule has 9 heteroatoms. The molecule has 0 spiro atoms. The van der Waals surface area contributed by atoms with E-state index in [1.807, 2.05) is 0 Å². The molecule has 0 saturated carbocycles. The first-order valence-electron chi connectivity index (χ1n) is 5.08. The number of carboxylic acid groups (broad SMARTS) is 3. The minimum Gasteiger partial charge on any atom is -0.481 e. The minimum atomic E-state index is -2.61. The van der Waals surface area contributed by atoms with Gasteiger partial charge in [-0.2, -0.15) is 0 Å². The molecule has 110 valence electrons. The predicted octanol–water partition coefficient (Wildman–Crippen LogP) is -0.679.